The third-order valence-electron chi connectivity index (χ3n) is 5.38. The molecule has 2 fully saturated rings. The highest BCUT2D eigenvalue weighted by atomic mass is 15.1. The van der Waals surface area contributed by atoms with E-state index in [1.165, 1.54) is 38.5 Å². The molecule has 0 unspecified atom stereocenters. The molecule has 1 heterocycles. The van der Waals surface area contributed by atoms with Crippen LogP contribution in [0.4, 0.5) is 0 Å². The van der Waals surface area contributed by atoms with Crippen LogP contribution < -0.4 is 10.6 Å². The lowest BCUT2D eigenvalue weighted by Gasteiger charge is -2.48. The molecule has 1 aliphatic carbocycles. The Labute approximate surface area is 126 Å². The maximum Gasteiger partial charge on any atom is 0.0144 e. The van der Waals surface area contributed by atoms with E-state index in [-0.39, 0.29) is 11.1 Å². The van der Waals surface area contributed by atoms with Crippen molar-refractivity contribution < 1.29 is 0 Å². The molecule has 1 aliphatic heterocycles. The van der Waals surface area contributed by atoms with E-state index in [9.17, 15) is 0 Å². The zero-order chi connectivity index (χ0) is 15.0. The summed E-state index contributed by atoms with van der Waals surface area (Å²) < 4.78 is 0. The Morgan fingerprint density at radius 3 is 1.80 bits per heavy atom. The van der Waals surface area contributed by atoms with E-state index in [0.29, 0.717) is 6.04 Å². The molecule has 0 radical (unpaired) electrons. The van der Waals surface area contributed by atoms with Gasteiger partial charge in [-0.05, 0) is 78.1 Å². The molecule has 20 heavy (non-hydrogen) atoms. The third kappa shape index (κ3) is 4.46. The van der Waals surface area contributed by atoms with Gasteiger partial charge in [0.1, 0.15) is 0 Å². The van der Waals surface area contributed by atoms with Crippen LogP contribution in [0.15, 0.2) is 0 Å². The van der Waals surface area contributed by atoms with Crippen LogP contribution in [-0.4, -0.2) is 23.2 Å². The first-order valence-corrected chi connectivity index (χ1v) is 8.72. The first-order chi connectivity index (χ1) is 9.17. The summed E-state index contributed by atoms with van der Waals surface area (Å²) in [6.45, 7) is 14.2. The Hall–Kier alpha value is -0.0800. The molecule has 0 aromatic carbocycles. The predicted molar refractivity (Wildman–Crippen MR) is 88.0 cm³/mol. The van der Waals surface area contributed by atoms with Crippen LogP contribution in [0.1, 0.15) is 80.1 Å². The van der Waals surface area contributed by atoms with Gasteiger partial charge in [0.25, 0.3) is 0 Å². The van der Waals surface area contributed by atoms with Crippen LogP contribution in [0.25, 0.3) is 0 Å². The smallest absolute Gasteiger partial charge is 0.0144 e. The minimum Gasteiger partial charge on any atom is -0.311 e. The summed E-state index contributed by atoms with van der Waals surface area (Å²) in [4.78, 5) is 0. The van der Waals surface area contributed by atoms with Crippen molar-refractivity contribution in [3.05, 3.63) is 0 Å². The fourth-order valence-electron chi connectivity index (χ4n) is 4.73. The molecule has 1 saturated heterocycles. The van der Waals surface area contributed by atoms with Gasteiger partial charge in [0.05, 0.1) is 0 Å². The summed E-state index contributed by atoms with van der Waals surface area (Å²) in [6, 6.07) is 1.45. The van der Waals surface area contributed by atoms with Crippen molar-refractivity contribution in [2.24, 2.45) is 11.8 Å². The highest BCUT2D eigenvalue weighted by Gasteiger charge is 2.38. The van der Waals surface area contributed by atoms with Crippen molar-refractivity contribution >= 4 is 0 Å². The molecule has 2 N–H and O–H groups in total. The van der Waals surface area contributed by atoms with E-state index < -0.39 is 0 Å². The first kappa shape index (κ1) is 16.3. The largest absolute Gasteiger partial charge is 0.311 e. The summed E-state index contributed by atoms with van der Waals surface area (Å²) in [5.41, 5.74) is 0.517. The van der Waals surface area contributed by atoms with Gasteiger partial charge in [0, 0.05) is 23.2 Å². The summed E-state index contributed by atoms with van der Waals surface area (Å²) in [6.07, 6.45) is 8.11. The second kappa shape index (κ2) is 5.96. The van der Waals surface area contributed by atoms with Gasteiger partial charge in [-0.15, -0.1) is 0 Å². The quantitative estimate of drug-likeness (QED) is 0.813. The fraction of sp³-hybridized carbons (Fsp3) is 1.00. The van der Waals surface area contributed by atoms with E-state index in [1.807, 2.05) is 0 Å². The average Bonchev–Trinajstić information content (AvgIpc) is 2.25. The van der Waals surface area contributed by atoms with Crippen molar-refractivity contribution in [1.29, 1.82) is 0 Å². The van der Waals surface area contributed by atoms with Gasteiger partial charge < -0.3 is 10.6 Å². The van der Waals surface area contributed by atoms with Crippen LogP contribution >= 0.6 is 0 Å². The summed E-state index contributed by atoms with van der Waals surface area (Å²) in [5, 5.41) is 7.77. The normalized spacial score (nSPS) is 34.4. The van der Waals surface area contributed by atoms with Crippen molar-refractivity contribution in [3.8, 4) is 0 Å². The molecule has 0 aromatic heterocycles. The van der Waals surface area contributed by atoms with Gasteiger partial charge in [0.15, 0.2) is 0 Å². The van der Waals surface area contributed by atoms with Gasteiger partial charge in [-0.3, -0.25) is 0 Å². The minimum atomic E-state index is 0.258. The Bertz CT molecular complexity index is 295. The number of hydrogen-bond donors (Lipinski definition) is 2. The molecular weight excluding hydrogens is 244 g/mol. The van der Waals surface area contributed by atoms with Crippen LogP contribution in [0, 0.1) is 11.8 Å². The molecule has 2 rings (SSSR count). The molecule has 0 spiro atoms. The minimum absolute atomic E-state index is 0.258. The molecule has 2 aliphatic rings. The molecule has 118 valence electrons. The molecule has 0 amide bonds. The molecule has 2 heteroatoms. The fourth-order valence-corrected chi connectivity index (χ4v) is 4.73. The van der Waals surface area contributed by atoms with Gasteiger partial charge in [-0.1, -0.05) is 13.8 Å². The van der Waals surface area contributed by atoms with E-state index in [1.54, 1.807) is 0 Å². The second-order valence-corrected chi connectivity index (χ2v) is 9.02. The molecule has 0 atom stereocenters. The topological polar surface area (TPSA) is 24.1 Å². The summed E-state index contributed by atoms with van der Waals surface area (Å²) in [7, 11) is 0. The number of rotatable bonds is 3. The summed E-state index contributed by atoms with van der Waals surface area (Å²) in [5.74, 6) is 1.83. The second-order valence-electron chi connectivity index (χ2n) is 9.02. The highest BCUT2D eigenvalue weighted by Crippen LogP contribution is 2.33. The number of hydrogen-bond acceptors (Lipinski definition) is 2. The van der Waals surface area contributed by atoms with Crippen molar-refractivity contribution in [1.82, 2.24) is 10.6 Å². The van der Waals surface area contributed by atoms with E-state index in [0.717, 1.165) is 17.9 Å². The van der Waals surface area contributed by atoms with Crippen LogP contribution in [0.2, 0.25) is 0 Å². The van der Waals surface area contributed by atoms with Crippen molar-refractivity contribution in [3.63, 3.8) is 0 Å². The van der Waals surface area contributed by atoms with Gasteiger partial charge in [0.2, 0.25) is 0 Å². The van der Waals surface area contributed by atoms with E-state index in [4.69, 9.17) is 0 Å². The first-order valence-electron chi connectivity index (χ1n) is 8.72. The Morgan fingerprint density at radius 1 is 0.850 bits per heavy atom. The molecule has 2 nitrogen and oxygen atoms in total. The molecule has 0 bridgehead atoms. The highest BCUT2D eigenvalue weighted by molar-refractivity contribution is 5.00. The van der Waals surface area contributed by atoms with Crippen molar-refractivity contribution in [2.45, 2.75) is 103 Å². The lowest BCUT2D eigenvalue weighted by molar-refractivity contribution is 0.128. The Balaban J connectivity index is 1.85. The molecular formula is C18H36N2. The molecule has 1 saturated carbocycles. The lowest BCUT2D eigenvalue weighted by atomic mass is 9.77. The van der Waals surface area contributed by atoms with Crippen molar-refractivity contribution in [2.75, 3.05) is 0 Å². The Morgan fingerprint density at radius 2 is 1.35 bits per heavy atom. The third-order valence-corrected chi connectivity index (χ3v) is 5.38. The zero-order valence-corrected chi connectivity index (χ0v) is 14.6. The lowest BCUT2D eigenvalue weighted by Crippen LogP contribution is -2.62. The SMILES string of the molecule is CC(C)C1CCC(NC2CC(C)(C)NC(C)(C)C2)CC1. The van der Waals surface area contributed by atoms with Crippen LogP contribution in [0.3, 0.4) is 0 Å². The van der Waals surface area contributed by atoms with E-state index >= 15 is 0 Å². The Kier molecular flexibility index (Phi) is 4.86. The summed E-state index contributed by atoms with van der Waals surface area (Å²) >= 11 is 0. The number of piperidine rings is 1. The van der Waals surface area contributed by atoms with Crippen LogP contribution in [0.5, 0.6) is 0 Å². The van der Waals surface area contributed by atoms with Gasteiger partial charge in [-0.2, -0.15) is 0 Å². The monoisotopic (exact) mass is 280 g/mol. The average molecular weight is 281 g/mol. The van der Waals surface area contributed by atoms with Crippen LogP contribution in [-0.2, 0) is 0 Å². The molecule has 0 aromatic rings. The predicted octanol–water partition coefficient (Wildman–Crippen LogP) is 4.10. The number of nitrogens with one attached hydrogen (secondary N) is 2. The maximum absolute atomic E-state index is 3.99. The van der Waals surface area contributed by atoms with Gasteiger partial charge in [-0.25, -0.2) is 0 Å². The van der Waals surface area contributed by atoms with E-state index in [2.05, 4.69) is 52.2 Å². The standard InChI is InChI=1S/C18H36N2/c1-13(2)14-7-9-15(10-8-14)19-16-11-17(3,4)20-18(5,6)12-16/h13-16,19-20H,7-12H2,1-6H3. The zero-order valence-electron chi connectivity index (χ0n) is 14.6. The maximum atomic E-state index is 3.99. The van der Waals surface area contributed by atoms with Gasteiger partial charge >= 0.3 is 0 Å².